The van der Waals surface area contributed by atoms with Gasteiger partial charge in [0.15, 0.2) is 5.96 Å². The van der Waals surface area contributed by atoms with Crippen LogP contribution in [0.3, 0.4) is 0 Å². The highest BCUT2D eigenvalue weighted by molar-refractivity contribution is 14.0. The molecular weight excluding hydrogens is 415 g/mol. The van der Waals surface area contributed by atoms with E-state index < -0.39 is 0 Å². The quantitative estimate of drug-likeness (QED) is 0.429. The number of methoxy groups -OCH3 is 1. The van der Waals surface area contributed by atoms with Gasteiger partial charge < -0.3 is 19.9 Å². The number of aliphatic imine (C=N–C) groups is 1. The van der Waals surface area contributed by atoms with Crippen molar-refractivity contribution in [2.45, 2.75) is 20.3 Å². The Morgan fingerprint density at radius 2 is 1.96 bits per heavy atom. The second-order valence-corrected chi connectivity index (χ2v) is 6.33. The molecule has 1 aromatic carbocycles. The van der Waals surface area contributed by atoms with E-state index in [0.29, 0.717) is 5.92 Å². The molecule has 0 radical (unpaired) electrons. The third kappa shape index (κ3) is 6.03. The Morgan fingerprint density at radius 3 is 2.54 bits per heavy atom. The number of halogens is 1. The summed E-state index contributed by atoms with van der Waals surface area (Å²) in [4.78, 5) is 9.17. The molecule has 5 nitrogen and oxygen atoms in total. The number of anilines is 1. The van der Waals surface area contributed by atoms with Crippen LogP contribution in [-0.2, 0) is 0 Å². The van der Waals surface area contributed by atoms with E-state index in [1.165, 1.54) is 12.1 Å². The van der Waals surface area contributed by atoms with Crippen molar-refractivity contribution in [2.75, 3.05) is 51.8 Å². The van der Waals surface area contributed by atoms with Gasteiger partial charge in [-0.25, -0.2) is 0 Å². The summed E-state index contributed by atoms with van der Waals surface area (Å²) in [6.45, 7) is 9.45. The summed E-state index contributed by atoms with van der Waals surface area (Å²) in [6, 6.07) is 8.28. The minimum Gasteiger partial charge on any atom is -0.497 e. The second kappa shape index (κ2) is 10.6. The van der Waals surface area contributed by atoms with Crippen molar-refractivity contribution in [3.05, 3.63) is 24.3 Å². The average Bonchev–Trinajstić information content (AvgIpc) is 2.59. The molecule has 0 unspecified atom stereocenters. The lowest BCUT2D eigenvalue weighted by Crippen LogP contribution is -2.52. The molecule has 0 bridgehead atoms. The van der Waals surface area contributed by atoms with Crippen LogP contribution < -0.4 is 15.0 Å². The van der Waals surface area contributed by atoms with Gasteiger partial charge >= 0.3 is 0 Å². The molecule has 0 aliphatic carbocycles. The van der Waals surface area contributed by atoms with E-state index >= 15 is 0 Å². The normalized spacial score (nSPS) is 15.3. The number of hydrogen-bond acceptors (Lipinski definition) is 3. The predicted molar refractivity (Wildman–Crippen MR) is 113 cm³/mol. The zero-order valence-electron chi connectivity index (χ0n) is 15.3. The van der Waals surface area contributed by atoms with E-state index in [9.17, 15) is 0 Å². The SMILES string of the molecule is CN=C(NCCC(C)C)N1CCN(c2cccc(OC)c2)CC1.I. The molecule has 1 aromatic rings. The van der Waals surface area contributed by atoms with Gasteiger partial charge in [-0.1, -0.05) is 19.9 Å². The summed E-state index contributed by atoms with van der Waals surface area (Å²) < 4.78 is 5.32. The Hall–Kier alpha value is -1.18. The lowest BCUT2D eigenvalue weighted by Gasteiger charge is -2.37. The van der Waals surface area contributed by atoms with E-state index in [1.54, 1.807) is 7.11 Å². The molecule has 0 spiro atoms. The first-order chi connectivity index (χ1) is 11.1. The highest BCUT2D eigenvalue weighted by Gasteiger charge is 2.19. The van der Waals surface area contributed by atoms with E-state index in [2.05, 4.69) is 46.1 Å². The molecule has 1 fully saturated rings. The lowest BCUT2D eigenvalue weighted by molar-refractivity contribution is 0.370. The average molecular weight is 446 g/mol. The van der Waals surface area contributed by atoms with Crippen LogP contribution in [0.1, 0.15) is 20.3 Å². The number of piperazine rings is 1. The van der Waals surface area contributed by atoms with E-state index in [4.69, 9.17) is 4.74 Å². The molecule has 2 rings (SSSR count). The predicted octanol–water partition coefficient (Wildman–Crippen LogP) is 3.06. The number of nitrogens with one attached hydrogen (secondary N) is 1. The lowest BCUT2D eigenvalue weighted by atomic mass is 10.1. The summed E-state index contributed by atoms with van der Waals surface area (Å²) >= 11 is 0. The van der Waals surface area contributed by atoms with Gasteiger partial charge in [-0.15, -0.1) is 24.0 Å². The van der Waals surface area contributed by atoms with Crippen LogP contribution >= 0.6 is 24.0 Å². The third-order valence-corrected chi connectivity index (χ3v) is 4.21. The molecule has 1 N–H and O–H groups in total. The Labute approximate surface area is 163 Å². The molecule has 0 aromatic heterocycles. The maximum atomic E-state index is 5.32. The molecule has 0 atom stereocenters. The van der Waals surface area contributed by atoms with Gasteiger partial charge in [0, 0.05) is 51.5 Å². The molecule has 1 aliphatic heterocycles. The van der Waals surface area contributed by atoms with Gasteiger partial charge in [0.1, 0.15) is 5.75 Å². The first-order valence-corrected chi connectivity index (χ1v) is 8.48. The Kier molecular flexibility index (Phi) is 9.25. The van der Waals surface area contributed by atoms with Gasteiger partial charge in [-0.05, 0) is 24.5 Å². The molecule has 24 heavy (non-hydrogen) atoms. The first-order valence-electron chi connectivity index (χ1n) is 8.48. The van der Waals surface area contributed by atoms with Crippen LogP contribution in [0.4, 0.5) is 5.69 Å². The summed E-state index contributed by atoms with van der Waals surface area (Å²) in [5.41, 5.74) is 1.23. The maximum absolute atomic E-state index is 5.32. The summed E-state index contributed by atoms with van der Waals surface area (Å²) in [5.74, 6) is 2.65. The summed E-state index contributed by atoms with van der Waals surface area (Å²) in [5, 5.41) is 3.48. The Morgan fingerprint density at radius 1 is 1.25 bits per heavy atom. The topological polar surface area (TPSA) is 40.1 Å². The molecule has 136 valence electrons. The van der Waals surface area contributed by atoms with Crippen LogP contribution in [0, 0.1) is 5.92 Å². The Bertz CT molecular complexity index is 513. The van der Waals surface area contributed by atoms with Crippen molar-refractivity contribution >= 4 is 35.6 Å². The van der Waals surface area contributed by atoms with Crippen LogP contribution in [0.2, 0.25) is 0 Å². The van der Waals surface area contributed by atoms with Crippen molar-refractivity contribution in [1.82, 2.24) is 10.2 Å². The minimum atomic E-state index is 0. The fourth-order valence-corrected chi connectivity index (χ4v) is 2.79. The third-order valence-electron chi connectivity index (χ3n) is 4.21. The number of nitrogens with zero attached hydrogens (tertiary/aromatic N) is 3. The molecular formula is C18H31IN4O. The van der Waals surface area contributed by atoms with Crippen molar-refractivity contribution in [3.8, 4) is 5.75 Å². The van der Waals surface area contributed by atoms with E-state index in [0.717, 1.165) is 44.4 Å². The first kappa shape index (κ1) is 20.9. The van der Waals surface area contributed by atoms with Crippen molar-refractivity contribution < 1.29 is 4.74 Å². The zero-order valence-corrected chi connectivity index (χ0v) is 17.6. The van der Waals surface area contributed by atoms with Crippen LogP contribution in [-0.4, -0.2) is 57.7 Å². The smallest absolute Gasteiger partial charge is 0.193 e. The molecule has 1 saturated heterocycles. The largest absolute Gasteiger partial charge is 0.497 e. The van der Waals surface area contributed by atoms with Crippen LogP contribution in [0.15, 0.2) is 29.3 Å². The number of ether oxygens (including phenoxy) is 1. The monoisotopic (exact) mass is 446 g/mol. The number of benzene rings is 1. The van der Waals surface area contributed by atoms with Gasteiger partial charge in [-0.3, -0.25) is 4.99 Å². The molecule has 1 heterocycles. The second-order valence-electron chi connectivity index (χ2n) is 6.33. The van der Waals surface area contributed by atoms with Crippen LogP contribution in [0.25, 0.3) is 0 Å². The van der Waals surface area contributed by atoms with Gasteiger partial charge in [0.25, 0.3) is 0 Å². The molecule has 6 heteroatoms. The Balaban J connectivity index is 0.00000288. The summed E-state index contributed by atoms with van der Waals surface area (Å²) in [7, 11) is 3.58. The van der Waals surface area contributed by atoms with Gasteiger partial charge in [0.05, 0.1) is 7.11 Å². The molecule has 0 amide bonds. The van der Waals surface area contributed by atoms with Crippen molar-refractivity contribution in [1.29, 1.82) is 0 Å². The highest BCUT2D eigenvalue weighted by atomic mass is 127. The fourth-order valence-electron chi connectivity index (χ4n) is 2.79. The molecule has 0 saturated carbocycles. The van der Waals surface area contributed by atoms with E-state index in [-0.39, 0.29) is 24.0 Å². The zero-order chi connectivity index (χ0) is 16.7. The number of hydrogen-bond donors (Lipinski definition) is 1. The van der Waals surface area contributed by atoms with Gasteiger partial charge in [-0.2, -0.15) is 0 Å². The van der Waals surface area contributed by atoms with Crippen molar-refractivity contribution in [2.24, 2.45) is 10.9 Å². The minimum absolute atomic E-state index is 0. The van der Waals surface area contributed by atoms with Crippen molar-refractivity contribution in [3.63, 3.8) is 0 Å². The molecule has 1 aliphatic rings. The standard InChI is InChI=1S/C18H30N4O.HI/c1-15(2)8-9-20-18(19-3)22-12-10-21(11-13-22)16-6-5-7-17(14-16)23-4;/h5-7,14-15H,8-13H2,1-4H3,(H,19,20);1H. The summed E-state index contributed by atoms with van der Waals surface area (Å²) in [6.07, 6.45) is 1.17. The van der Waals surface area contributed by atoms with Crippen LogP contribution in [0.5, 0.6) is 5.75 Å². The van der Waals surface area contributed by atoms with Gasteiger partial charge in [0.2, 0.25) is 0 Å². The number of rotatable bonds is 5. The fraction of sp³-hybridized carbons (Fsp3) is 0.611. The van der Waals surface area contributed by atoms with E-state index in [1.807, 2.05) is 19.2 Å². The maximum Gasteiger partial charge on any atom is 0.193 e. The highest BCUT2D eigenvalue weighted by Crippen LogP contribution is 2.22. The number of guanidine groups is 1.